The molecule has 0 spiro atoms. The van der Waals surface area contributed by atoms with Crippen molar-refractivity contribution in [1.29, 1.82) is 0 Å². The molecule has 0 N–H and O–H groups in total. The van der Waals surface area contributed by atoms with E-state index in [0.29, 0.717) is 5.78 Å². The Bertz CT molecular complexity index is 629. The molecular weight excluding hydrogens is 202 g/mol. The highest BCUT2D eigenvalue weighted by Crippen LogP contribution is 2.21. The average Bonchev–Trinajstić information content (AvgIpc) is 2.80. The van der Waals surface area contributed by atoms with E-state index in [0.717, 1.165) is 16.8 Å². The van der Waals surface area contributed by atoms with Crippen LogP contribution in [-0.2, 0) is 0 Å². The lowest BCUT2D eigenvalue weighted by Crippen LogP contribution is -1.98. The number of aromatic nitrogens is 5. The number of rotatable bonds is 1. The lowest BCUT2D eigenvalue weighted by atomic mass is 10.1. The predicted molar refractivity (Wildman–Crippen MR) is 58.8 cm³/mol. The molecule has 0 unspecified atom stereocenters. The molecule has 0 saturated heterocycles. The molecule has 0 atom stereocenters. The summed E-state index contributed by atoms with van der Waals surface area (Å²) in [5.41, 5.74) is 3.14. The predicted octanol–water partition coefficient (Wildman–Crippen LogP) is 1.49. The molecule has 0 aliphatic carbocycles. The first-order valence-corrected chi connectivity index (χ1v) is 4.95. The van der Waals surface area contributed by atoms with Crippen molar-refractivity contribution in [3.8, 4) is 11.1 Å². The molecule has 0 aliphatic rings. The van der Waals surface area contributed by atoms with Gasteiger partial charge in [0, 0.05) is 11.8 Å². The molecule has 0 saturated carbocycles. The Kier molecular flexibility index (Phi) is 1.89. The van der Waals surface area contributed by atoms with Gasteiger partial charge in [-0.15, -0.1) is 0 Å². The Balaban J connectivity index is 2.28. The highest BCUT2D eigenvalue weighted by Gasteiger charge is 2.08. The van der Waals surface area contributed by atoms with Crippen LogP contribution < -0.4 is 0 Å². The quantitative estimate of drug-likeness (QED) is 0.612. The summed E-state index contributed by atoms with van der Waals surface area (Å²) >= 11 is 0. The molecular formula is C11H9N5. The first-order chi connectivity index (χ1) is 7.86. The van der Waals surface area contributed by atoms with E-state index in [1.165, 1.54) is 0 Å². The first-order valence-electron chi connectivity index (χ1n) is 4.95. The van der Waals surface area contributed by atoms with Crippen molar-refractivity contribution in [2.45, 2.75) is 6.92 Å². The van der Waals surface area contributed by atoms with Crippen LogP contribution in [0.2, 0.25) is 0 Å². The Morgan fingerprint density at radius 2 is 1.94 bits per heavy atom. The minimum absolute atomic E-state index is 0.525. The van der Waals surface area contributed by atoms with E-state index in [2.05, 4.69) is 20.5 Å². The van der Waals surface area contributed by atoms with Gasteiger partial charge in [0.05, 0.1) is 5.69 Å². The maximum absolute atomic E-state index is 4.21. The monoisotopic (exact) mass is 211 g/mol. The van der Waals surface area contributed by atoms with Gasteiger partial charge in [-0.25, -0.2) is 4.98 Å². The zero-order chi connectivity index (χ0) is 11.0. The molecule has 1 aromatic carbocycles. The summed E-state index contributed by atoms with van der Waals surface area (Å²) in [4.78, 5) is 4.21. The van der Waals surface area contributed by atoms with Crippen molar-refractivity contribution >= 4 is 5.78 Å². The lowest BCUT2D eigenvalue weighted by Gasteiger charge is -2.05. The van der Waals surface area contributed by atoms with Crippen molar-refractivity contribution in [2.24, 2.45) is 0 Å². The Morgan fingerprint density at radius 3 is 2.75 bits per heavy atom. The van der Waals surface area contributed by atoms with Crippen LogP contribution >= 0.6 is 0 Å². The summed E-state index contributed by atoms with van der Waals surface area (Å²) in [5.74, 6) is 0.525. The first kappa shape index (κ1) is 8.96. The third kappa shape index (κ3) is 1.25. The van der Waals surface area contributed by atoms with Crippen LogP contribution in [0.1, 0.15) is 5.69 Å². The minimum atomic E-state index is 0.525. The van der Waals surface area contributed by atoms with Crippen LogP contribution in [0.3, 0.4) is 0 Å². The van der Waals surface area contributed by atoms with Crippen molar-refractivity contribution in [3.63, 3.8) is 0 Å². The van der Waals surface area contributed by atoms with E-state index < -0.39 is 0 Å². The summed E-state index contributed by atoms with van der Waals surface area (Å²) in [7, 11) is 0. The molecule has 2 aromatic heterocycles. The Labute approximate surface area is 91.8 Å². The maximum Gasteiger partial charge on any atom is 0.273 e. The molecule has 0 radical (unpaired) electrons. The zero-order valence-corrected chi connectivity index (χ0v) is 8.70. The number of hydrogen-bond donors (Lipinski definition) is 0. The Hall–Kier alpha value is -2.30. The number of benzene rings is 1. The maximum atomic E-state index is 4.21. The summed E-state index contributed by atoms with van der Waals surface area (Å²) in [6.07, 6.45) is 1.80. The van der Waals surface area contributed by atoms with Crippen LogP contribution in [0.4, 0.5) is 0 Å². The summed E-state index contributed by atoms with van der Waals surface area (Å²) < 4.78 is 1.64. The topological polar surface area (TPSA) is 56.0 Å². The SMILES string of the molecule is Cc1c(-c2ccccc2)cnc2nnnn12. The van der Waals surface area contributed by atoms with Gasteiger partial charge in [-0.3, -0.25) is 0 Å². The van der Waals surface area contributed by atoms with Gasteiger partial charge in [-0.1, -0.05) is 35.4 Å². The zero-order valence-electron chi connectivity index (χ0n) is 8.70. The van der Waals surface area contributed by atoms with Crippen molar-refractivity contribution in [2.75, 3.05) is 0 Å². The van der Waals surface area contributed by atoms with Gasteiger partial charge in [0.2, 0.25) is 0 Å². The van der Waals surface area contributed by atoms with Crippen molar-refractivity contribution in [3.05, 3.63) is 42.2 Å². The van der Waals surface area contributed by atoms with Crippen LogP contribution in [0.5, 0.6) is 0 Å². The average molecular weight is 211 g/mol. The summed E-state index contributed by atoms with van der Waals surface area (Å²) in [5, 5.41) is 11.3. The molecule has 2 heterocycles. The van der Waals surface area contributed by atoms with E-state index >= 15 is 0 Å². The van der Waals surface area contributed by atoms with Gasteiger partial charge in [0.15, 0.2) is 0 Å². The molecule has 0 aliphatic heterocycles. The fraction of sp³-hybridized carbons (Fsp3) is 0.0909. The third-order valence-corrected chi connectivity index (χ3v) is 2.55. The highest BCUT2D eigenvalue weighted by molar-refractivity contribution is 5.65. The number of tetrazole rings is 1. The number of nitrogens with zero attached hydrogens (tertiary/aromatic N) is 5. The van der Waals surface area contributed by atoms with E-state index in [-0.39, 0.29) is 0 Å². The van der Waals surface area contributed by atoms with Crippen molar-refractivity contribution in [1.82, 2.24) is 25.0 Å². The second kappa shape index (κ2) is 3.37. The fourth-order valence-electron chi connectivity index (χ4n) is 1.71. The van der Waals surface area contributed by atoms with E-state index in [1.807, 2.05) is 37.3 Å². The molecule has 5 heteroatoms. The van der Waals surface area contributed by atoms with Crippen molar-refractivity contribution < 1.29 is 0 Å². The number of aryl methyl sites for hydroxylation is 1. The molecule has 3 rings (SSSR count). The summed E-state index contributed by atoms with van der Waals surface area (Å²) in [6, 6.07) is 10.1. The molecule has 5 nitrogen and oxygen atoms in total. The van der Waals surface area contributed by atoms with Gasteiger partial charge in [0.25, 0.3) is 5.78 Å². The Morgan fingerprint density at radius 1 is 1.12 bits per heavy atom. The van der Waals surface area contributed by atoms with Crippen LogP contribution in [0.15, 0.2) is 36.5 Å². The minimum Gasteiger partial charge on any atom is -0.218 e. The van der Waals surface area contributed by atoms with Gasteiger partial charge in [-0.05, 0) is 22.9 Å². The summed E-state index contributed by atoms with van der Waals surface area (Å²) in [6.45, 7) is 1.98. The van der Waals surface area contributed by atoms with Gasteiger partial charge in [0.1, 0.15) is 0 Å². The highest BCUT2D eigenvalue weighted by atomic mass is 15.5. The standard InChI is InChI=1S/C11H9N5/c1-8-10(9-5-3-2-4-6-9)7-12-11-13-14-15-16(8)11/h2-7H,1H3. The molecule has 0 fully saturated rings. The molecule has 16 heavy (non-hydrogen) atoms. The molecule has 3 aromatic rings. The smallest absolute Gasteiger partial charge is 0.218 e. The second-order valence-electron chi connectivity index (χ2n) is 3.51. The van der Waals surface area contributed by atoms with Gasteiger partial charge < -0.3 is 0 Å². The van der Waals surface area contributed by atoms with E-state index in [9.17, 15) is 0 Å². The number of fused-ring (bicyclic) bond motifs is 1. The van der Waals surface area contributed by atoms with Crippen LogP contribution in [0, 0.1) is 6.92 Å². The largest absolute Gasteiger partial charge is 0.273 e. The van der Waals surface area contributed by atoms with Crippen LogP contribution in [-0.4, -0.2) is 25.0 Å². The molecule has 0 amide bonds. The third-order valence-electron chi connectivity index (χ3n) is 2.55. The van der Waals surface area contributed by atoms with E-state index in [4.69, 9.17) is 0 Å². The van der Waals surface area contributed by atoms with Gasteiger partial charge >= 0.3 is 0 Å². The number of hydrogen-bond acceptors (Lipinski definition) is 4. The normalized spacial score (nSPS) is 10.8. The van der Waals surface area contributed by atoms with Crippen LogP contribution in [0.25, 0.3) is 16.9 Å². The second-order valence-corrected chi connectivity index (χ2v) is 3.51. The van der Waals surface area contributed by atoms with Gasteiger partial charge in [-0.2, -0.15) is 4.52 Å². The molecule has 78 valence electrons. The molecule has 0 bridgehead atoms. The van der Waals surface area contributed by atoms with E-state index in [1.54, 1.807) is 10.7 Å². The lowest BCUT2D eigenvalue weighted by molar-refractivity contribution is 0.801. The fourth-order valence-corrected chi connectivity index (χ4v) is 1.71.